The molecule has 9 atom stereocenters. The van der Waals surface area contributed by atoms with Crippen molar-refractivity contribution in [1.82, 2.24) is 0 Å². The summed E-state index contributed by atoms with van der Waals surface area (Å²) in [7, 11) is 0. The molecule has 172 valence electrons. The molecule has 1 aliphatic heterocycles. The van der Waals surface area contributed by atoms with Gasteiger partial charge in [-0.15, -0.1) is 0 Å². The highest BCUT2D eigenvalue weighted by Crippen LogP contribution is 2.70. The average Bonchev–Trinajstić information content (AvgIpc) is 3.07. The molecule has 4 aliphatic carbocycles. The smallest absolute Gasteiger partial charge is 0.302 e. The third-order valence-corrected chi connectivity index (χ3v) is 10.6. The maximum absolute atomic E-state index is 12.8. The summed E-state index contributed by atoms with van der Waals surface area (Å²) in [5.74, 6) is 1.29. The molecule has 31 heavy (non-hydrogen) atoms. The van der Waals surface area contributed by atoms with Crippen LogP contribution in [0.15, 0.2) is 11.6 Å². The van der Waals surface area contributed by atoms with Crippen molar-refractivity contribution in [3.05, 3.63) is 11.6 Å². The second kappa shape index (κ2) is 6.90. The number of ketones is 1. The average molecular weight is 431 g/mol. The fourth-order valence-corrected chi connectivity index (χ4v) is 9.18. The van der Waals surface area contributed by atoms with Crippen molar-refractivity contribution < 1.29 is 24.2 Å². The predicted octanol–water partition coefficient (Wildman–Crippen LogP) is 4.28. The van der Waals surface area contributed by atoms with Crippen molar-refractivity contribution in [2.45, 2.75) is 85.5 Å². The molecule has 0 aromatic heterocycles. The first-order valence-electron chi connectivity index (χ1n) is 12.2. The van der Waals surface area contributed by atoms with Gasteiger partial charge in [0.05, 0.1) is 6.61 Å². The Kier molecular flexibility index (Phi) is 4.81. The molecule has 0 aromatic carbocycles. The van der Waals surface area contributed by atoms with E-state index < -0.39 is 6.29 Å². The summed E-state index contributed by atoms with van der Waals surface area (Å²) in [6.45, 7) is 11.1. The van der Waals surface area contributed by atoms with E-state index in [0.717, 1.165) is 32.1 Å². The lowest BCUT2D eigenvalue weighted by atomic mass is 9.37. The normalized spacial score (nSPS) is 50.5. The Bertz CT molecular complexity index is 830. The van der Waals surface area contributed by atoms with Crippen molar-refractivity contribution >= 4 is 11.8 Å². The van der Waals surface area contributed by atoms with Gasteiger partial charge in [0.25, 0.3) is 0 Å². The molecule has 0 radical (unpaired) electrons. The van der Waals surface area contributed by atoms with Gasteiger partial charge in [-0.1, -0.05) is 33.8 Å². The second-order valence-corrected chi connectivity index (χ2v) is 12.1. The van der Waals surface area contributed by atoms with Crippen LogP contribution in [0.4, 0.5) is 0 Å². The minimum absolute atomic E-state index is 0.0581. The van der Waals surface area contributed by atoms with Crippen LogP contribution in [0.1, 0.15) is 73.1 Å². The molecular formula is C26H38O5. The maximum atomic E-state index is 12.8. The maximum Gasteiger partial charge on any atom is 0.302 e. The zero-order chi connectivity index (χ0) is 22.3. The predicted molar refractivity (Wildman–Crippen MR) is 116 cm³/mol. The zero-order valence-electron chi connectivity index (χ0n) is 19.6. The molecule has 0 bridgehead atoms. The third-order valence-electron chi connectivity index (χ3n) is 10.6. The minimum Gasteiger partial charge on any atom is -0.462 e. The van der Waals surface area contributed by atoms with Crippen molar-refractivity contribution in [2.75, 3.05) is 6.61 Å². The van der Waals surface area contributed by atoms with Gasteiger partial charge in [-0.3, -0.25) is 9.59 Å². The number of carbonyl (C=O) groups is 2. The number of carbonyl (C=O) groups excluding carboxylic acids is 2. The molecule has 1 heterocycles. The van der Waals surface area contributed by atoms with Crippen LogP contribution in [0.3, 0.4) is 0 Å². The van der Waals surface area contributed by atoms with E-state index in [1.54, 1.807) is 0 Å². The van der Waals surface area contributed by atoms with E-state index in [9.17, 15) is 14.7 Å². The molecule has 5 rings (SSSR count). The van der Waals surface area contributed by atoms with Crippen LogP contribution in [0.25, 0.3) is 0 Å². The first kappa shape index (κ1) is 21.6. The zero-order valence-corrected chi connectivity index (χ0v) is 19.6. The quantitative estimate of drug-likeness (QED) is 0.497. The Morgan fingerprint density at radius 3 is 2.61 bits per heavy atom. The number of Topliss-reactive ketones (excluding diaryl/α,β-unsaturated/α-hetero) is 1. The second-order valence-electron chi connectivity index (χ2n) is 12.1. The van der Waals surface area contributed by atoms with Gasteiger partial charge in [0.15, 0.2) is 6.29 Å². The highest BCUT2D eigenvalue weighted by atomic mass is 16.6. The van der Waals surface area contributed by atoms with E-state index in [1.807, 2.05) is 0 Å². The van der Waals surface area contributed by atoms with Crippen LogP contribution in [-0.2, 0) is 19.1 Å². The van der Waals surface area contributed by atoms with Crippen LogP contribution in [0.5, 0.6) is 0 Å². The fraction of sp³-hybridized carbons (Fsp3) is 0.846. The summed E-state index contributed by atoms with van der Waals surface area (Å²) in [6.07, 6.45) is 6.81. The number of aliphatic hydroxyl groups excluding tert-OH is 1. The Balaban J connectivity index is 1.58. The van der Waals surface area contributed by atoms with E-state index in [4.69, 9.17) is 9.47 Å². The van der Waals surface area contributed by atoms with Gasteiger partial charge in [0, 0.05) is 30.6 Å². The largest absolute Gasteiger partial charge is 0.462 e. The molecule has 3 saturated carbocycles. The summed E-state index contributed by atoms with van der Waals surface area (Å²) in [5, 5.41) is 10.7. The Morgan fingerprint density at radius 2 is 1.90 bits per heavy atom. The van der Waals surface area contributed by atoms with Gasteiger partial charge in [0.2, 0.25) is 0 Å². The molecule has 1 saturated heterocycles. The van der Waals surface area contributed by atoms with Gasteiger partial charge in [0.1, 0.15) is 11.9 Å². The van der Waals surface area contributed by atoms with Crippen molar-refractivity contribution in [3.8, 4) is 0 Å². The molecule has 5 nitrogen and oxygen atoms in total. The molecule has 0 aromatic rings. The number of fused-ring (bicyclic) bond motifs is 7. The molecule has 0 spiro atoms. The molecule has 1 N–H and O–H groups in total. The lowest BCUT2D eigenvalue weighted by Gasteiger charge is -2.68. The Labute approximate surface area is 185 Å². The molecule has 5 aliphatic rings. The lowest BCUT2D eigenvalue weighted by Crippen LogP contribution is -2.64. The molecule has 0 amide bonds. The van der Waals surface area contributed by atoms with Crippen LogP contribution in [0.2, 0.25) is 0 Å². The number of hydrogen-bond acceptors (Lipinski definition) is 5. The summed E-state index contributed by atoms with van der Waals surface area (Å²) < 4.78 is 11.6. The monoisotopic (exact) mass is 430 g/mol. The van der Waals surface area contributed by atoms with Crippen LogP contribution < -0.4 is 0 Å². The van der Waals surface area contributed by atoms with Gasteiger partial charge in [-0.05, 0) is 66.3 Å². The Morgan fingerprint density at radius 1 is 1.16 bits per heavy atom. The van der Waals surface area contributed by atoms with E-state index in [2.05, 4.69) is 33.8 Å². The number of aliphatic hydroxyl groups is 1. The molecule has 5 heteroatoms. The van der Waals surface area contributed by atoms with E-state index in [1.165, 1.54) is 12.5 Å². The number of rotatable bonds is 1. The SMILES string of the molecule is CC(=O)O[C@H]1C[C@H]2[C@@](C)(CC[C@H]3C(C)(C)C(=O)CC[C@]23C)[C@@H]2CC=C3CO[C@@H](O)[C@@H]3C12. The lowest BCUT2D eigenvalue weighted by molar-refractivity contribution is -0.221. The topological polar surface area (TPSA) is 72.8 Å². The highest BCUT2D eigenvalue weighted by Gasteiger charge is 2.67. The number of allylic oxidation sites excluding steroid dienone is 1. The van der Waals surface area contributed by atoms with Crippen molar-refractivity contribution in [2.24, 2.45) is 45.8 Å². The van der Waals surface area contributed by atoms with Gasteiger partial charge >= 0.3 is 5.97 Å². The minimum atomic E-state index is -0.810. The van der Waals surface area contributed by atoms with Crippen molar-refractivity contribution in [3.63, 3.8) is 0 Å². The van der Waals surface area contributed by atoms with Gasteiger partial charge in [-0.25, -0.2) is 0 Å². The van der Waals surface area contributed by atoms with Crippen molar-refractivity contribution in [1.29, 1.82) is 0 Å². The van der Waals surface area contributed by atoms with E-state index >= 15 is 0 Å². The molecule has 1 unspecified atom stereocenters. The highest BCUT2D eigenvalue weighted by molar-refractivity contribution is 5.85. The van der Waals surface area contributed by atoms with Crippen LogP contribution >= 0.6 is 0 Å². The standard InChI is InChI=1S/C26H38O5/c1-14(27)31-17-12-19-25(4,16-7-6-15-13-30-23(29)21(15)22(16)17)10-8-18-24(2,3)20(28)9-11-26(18,19)5/h6,16-19,21-23,29H,7-13H2,1-5H3/t16-,17+,18+,19+,21+,22?,23-,25+,26+/m1/s1. The first-order valence-corrected chi connectivity index (χ1v) is 12.2. The molecule has 4 fully saturated rings. The summed E-state index contributed by atoms with van der Waals surface area (Å²) in [5.41, 5.74) is 1.05. The summed E-state index contributed by atoms with van der Waals surface area (Å²) in [4.78, 5) is 25.0. The van der Waals surface area contributed by atoms with Crippen LogP contribution in [-0.4, -0.2) is 35.9 Å². The summed E-state index contributed by atoms with van der Waals surface area (Å²) >= 11 is 0. The first-order chi connectivity index (χ1) is 14.5. The number of hydrogen-bond donors (Lipinski definition) is 1. The van der Waals surface area contributed by atoms with E-state index in [0.29, 0.717) is 36.6 Å². The molecular weight excluding hydrogens is 392 g/mol. The number of ether oxygens (including phenoxy) is 2. The van der Waals surface area contributed by atoms with Gasteiger partial charge < -0.3 is 14.6 Å². The van der Waals surface area contributed by atoms with Gasteiger partial charge in [-0.2, -0.15) is 0 Å². The Hall–Kier alpha value is -1.20. The fourth-order valence-electron chi connectivity index (χ4n) is 9.18. The number of esters is 1. The summed E-state index contributed by atoms with van der Waals surface area (Å²) in [6, 6.07) is 0. The van der Waals surface area contributed by atoms with E-state index in [-0.39, 0.29) is 40.2 Å². The third kappa shape index (κ3) is 2.88. The van der Waals surface area contributed by atoms with Crippen LogP contribution in [0, 0.1) is 45.8 Å².